The van der Waals surface area contributed by atoms with Gasteiger partial charge in [-0.05, 0) is 70.4 Å². The van der Waals surface area contributed by atoms with Gasteiger partial charge in [0.1, 0.15) is 5.76 Å². The van der Waals surface area contributed by atoms with E-state index in [0.29, 0.717) is 12.3 Å². The summed E-state index contributed by atoms with van der Waals surface area (Å²) in [5.74, 6) is -0.671. The third-order valence-corrected chi connectivity index (χ3v) is 6.43. The number of aryl methyl sites for hydroxylation is 2. The van der Waals surface area contributed by atoms with Crippen molar-refractivity contribution in [2.45, 2.75) is 65.8 Å². The van der Waals surface area contributed by atoms with Crippen molar-refractivity contribution in [1.29, 1.82) is 0 Å². The van der Waals surface area contributed by atoms with E-state index in [1.807, 2.05) is 31.2 Å². The summed E-state index contributed by atoms with van der Waals surface area (Å²) in [4.78, 5) is 30.6. The molecule has 1 aliphatic rings. The van der Waals surface area contributed by atoms with Gasteiger partial charge in [0.15, 0.2) is 11.5 Å². The largest absolute Gasteiger partial charge is 0.503 e. The van der Waals surface area contributed by atoms with E-state index in [4.69, 9.17) is 4.42 Å². The number of ketones is 1. The average Bonchev–Trinajstić information content (AvgIpc) is 3.37. The molecule has 6 heteroatoms. The van der Waals surface area contributed by atoms with Gasteiger partial charge in [-0.2, -0.15) is 0 Å². The predicted octanol–water partition coefficient (Wildman–Crippen LogP) is 5.77. The zero-order valence-corrected chi connectivity index (χ0v) is 21.0. The fourth-order valence-electron chi connectivity index (χ4n) is 4.46. The Morgan fingerprint density at radius 1 is 0.971 bits per heavy atom. The van der Waals surface area contributed by atoms with Crippen LogP contribution in [0, 0.1) is 13.8 Å². The van der Waals surface area contributed by atoms with E-state index in [0.717, 1.165) is 62.9 Å². The van der Waals surface area contributed by atoms with Crippen LogP contribution in [0.3, 0.4) is 0 Å². The summed E-state index contributed by atoms with van der Waals surface area (Å²) in [6.07, 6.45) is 5.39. The molecule has 1 amide bonds. The lowest BCUT2D eigenvalue weighted by Gasteiger charge is -2.28. The Balaban J connectivity index is 1.83. The van der Waals surface area contributed by atoms with Gasteiger partial charge in [-0.15, -0.1) is 0 Å². The Hall–Kier alpha value is -2.86. The molecule has 2 heterocycles. The molecule has 2 aromatic rings. The molecule has 0 spiro atoms. The van der Waals surface area contributed by atoms with Gasteiger partial charge in [-0.25, -0.2) is 0 Å². The van der Waals surface area contributed by atoms with Gasteiger partial charge in [0.2, 0.25) is 5.78 Å². The highest BCUT2D eigenvalue weighted by molar-refractivity contribution is 6.15. The van der Waals surface area contributed by atoms with E-state index in [1.54, 1.807) is 24.0 Å². The summed E-state index contributed by atoms with van der Waals surface area (Å²) in [5, 5.41) is 10.8. The van der Waals surface area contributed by atoms with Crippen molar-refractivity contribution in [3.05, 3.63) is 70.4 Å². The first kappa shape index (κ1) is 25.8. The summed E-state index contributed by atoms with van der Waals surface area (Å²) >= 11 is 0. The Bertz CT molecular complexity index is 998. The molecule has 0 fully saturated rings. The number of Topliss-reactive ketones (excluding diaryl/α,β-unsaturated/α-hetero) is 1. The van der Waals surface area contributed by atoms with Gasteiger partial charge < -0.3 is 19.3 Å². The number of unbranched alkanes of at least 4 members (excludes halogenated alkanes) is 2. The maximum Gasteiger partial charge on any atom is 0.290 e. The molecule has 34 heavy (non-hydrogen) atoms. The molecule has 0 radical (unpaired) electrons. The lowest BCUT2D eigenvalue weighted by molar-refractivity contribution is -0.129. The van der Waals surface area contributed by atoms with E-state index in [2.05, 4.69) is 18.7 Å². The molecule has 0 saturated carbocycles. The van der Waals surface area contributed by atoms with Gasteiger partial charge in [0.25, 0.3) is 5.91 Å². The monoisotopic (exact) mass is 466 g/mol. The Morgan fingerprint density at radius 2 is 1.59 bits per heavy atom. The van der Waals surface area contributed by atoms with Crippen LogP contribution in [0.15, 0.2) is 52.1 Å². The third-order valence-electron chi connectivity index (χ3n) is 6.43. The number of furan rings is 1. The molecule has 1 atom stereocenters. The molecule has 3 rings (SSSR count). The average molecular weight is 467 g/mol. The number of hydrogen-bond acceptors (Lipinski definition) is 5. The summed E-state index contributed by atoms with van der Waals surface area (Å²) in [6.45, 7) is 11.6. The molecule has 0 saturated heterocycles. The van der Waals surface area contributed by atoms with Gasteiger partial charge in [-0.3, -0.25) is 9.59 Å². The van der Waals surface area contributed by atoms with Crippen LogP contribution in [0.2, 0.25) is 0 Å². The van der Waals surface area contributed by atoms with E-state index < -0.39 is 23.5 Å². The second-order valence-electron chi connectivity index (χ2n) is 9.22. The zero-order chi connectivity index (χ0) is 24.7. The van der Waals surface area contributed by atoms with Crippen molar-refractivity contribution >= 4 is 11.7 Å². The number of carbonyl (C=O) groups is 2. The molecule has 1 aliphatic heterocycles. The topological polar surface area (TPSA) is 74.0 Å². The van der Waals surface area contributed by atoms with Gasteiger partial charge in [-0.1, -0.05) is 56.5 Å². The fraction of sp³-hybridized carbons (Fsp3) is 0.500. The molecule has 0 bridgehead atoms. The normalized spacial score (nSPS) is 16.2. The smallest absolute Gasteiger partial charge is 0.290 e. The zero-order valence-electron chi connectivity index (χ0n) is 21.0. The van der Waals surface area contributed by atoms with Crippen LogP contribution >= 0.6 is 0 Å². The molecule has 0 aliphatic carbocycles. The van der Waals surface area contributed by atoms with Crippen molar-refractivity contribution < 1.29 is 19.1 Å². The Morgan fingerprint density at radius 3 is 2.15 bits per heavy atom. The molecule has 1 N–H and O–H groups in total. The Kier molecular flexibility index (Phi) is 9.11. The lowest BCUT2D eigenvalue weighted by Crippen LogP contribution is -2.35. The van der Waals surface area contributed by atoms with Gasteiger partial charge in [0.05, 0.1) is 11.6 Å². The van der Waals surface area contributed by atoms with Gasteiger partial charge >= 0.3 is 0 Å². The Labute approximate surface area is 203 Å². The van der Waals surface area contributed by atoms with E-state index in [-0.39, 0.29) is 11.3 Å². The van der Waals surface area contributed by atoms with Crippen LogP contribution in [0.5, 0.6) is 0 Å². The lowest BCUT2D eigenvalue weighted by atomic mass is 9.94. The molecule has 0 unspecified atom stereocenters. The minimum absolute atomic E-state index is 0.0945. The summed E-state index contributed by atoms with van der Waals surface area (Å²) in [5.41, 5.74) is 1.99. The first-order valence-electron chi connectivity index (χ1n) is 12.5. The van der Waals surface area contributed by atoms with Crippen molar-refractivity contribution in [1.82, 2.24) is 9.80 Å². The molecule has 6 nitrogen and oxygen atoms in total. The number of amides is 1. The highest BCUT2D eigenvalue weighted by Crippen LogP contribution is 2.39. The minimum atomic E-state index is -0.634. The second kappa shape index (κ2) is 12.0. The number of benzene rings is 1. The number of carbonyl (C=O) groups excluding carboxylic acids is 2. The second-order valence-corrected chi connectivity index (χ2v) is 9.22. The van der Waals surface area contributed by atoms with Crippen LogP contribution < -0.4 is 0 Å². The molecule has 1 aromatic heterocycles. The maximum absolute atomic E-state index is 13.3. The highest BCUT2D eigenvalue weighted by atomic mass is 16.3. The summed E-state index contributed by atoms with van der Waals surface area (Å²) < 4.78 is 5.54. The summed E-state index contributed by atoms with van der Waals surface area (Å²) in [7, 11) is 0. The fourth-order valence-corrected chi connectivity index (χ4v) is 4.46. The van der Waals surface area contributed by atoms with Crippen LogP contribution in [0.25, 0.3) is 0 Å². The molecular formula is C28H38N2O4. The van der Waals surface area contributed by atoms with Crippen molar-refractivity contribution in [3.63, 3.8) is 0 Å². The van der Waals surface area contributed by atoms with Gasteiger partial charge in [0, 0.05) is 6.54 Å². The molecular weight excluding hydrogens is 428 g/mol. The standard InChI is InChI=1S/C28H38N2O4/c1-5-7-16-29(17-8-6-2)18-9-19-30-25(22-13-10-20(3)11-14-22)24(27(32)28(30)33)26(31)23-15-12-21(4)34-23/h10-15,25,32H,5-9,16-19H2,1-4H3/t25-/m1/s1. The van der Waals surface area contributed by atoms with Crippen molar-refractivity contribution in [2.24, 2.45) is 0 Å². The number of hydrogen-bond donors (Lipinski definition) is 1. The SMILES string of the molecule is CCCCN(CCCC)CCCN1C(=O)C(O)=C(C(=O)c2ccc(C)o2)[C@H]1c1ccc(C)cc1. The van der Waals surface area contributed by atoms with Crippen LogP contribution in [-0.2, 0) is 4.79 Å². The van der Waals surface area contributed by atoms with Crippen molar-refractivity contribution in [3.8, 4) is 0 Å². The van der Waals surface area contributed by atoms with Crippen LogP contribution in [0.4, 0.5) is 0 Å². The number of nitrogens with zero attached hydrogens (tertiary/aromatic N) is 2. The minimum Gasteiger partial charge on any atom is -0.503 e. The highest BCUT2D eigenvalue weighted by Gasteiger charge is 2.44. The van der Waals surface area contributed by atoms with Crippen LogP contribution in [0.1, 0.15) is 79.4 Å². The number of aliphatic hydroxyl groups is 1. The van der Waals surface area contributed by atoms with E-state index >= 15 is 0 Å². The summed E-state index contributed by atoms with van der Waals surface area (Å²) in [6, 6.07) is 10.4. The van der Waals surface area contributed by atoms with Crippen molar-refractivity contribution in [2.75, 3.05) is 26.2 Å². The maximum atomic E-state index is 13.3. The molecule has 1 aromatic carbocycles. The quantitative estimate of drug-likeness (QED) is 0.380. The first-order chi connectivity index (χ1) is 16.4. The third kappa shape index (κ3) is 5.98. The van der Waals surface area contributed by atoms with E-state index in [1.165, 1.54) is 0 Å². The van der Waals surface area contributed by atoms with E-state index in [9.17, 15) is 14.7 Å². The number of rotatable bonds is 13. The van der Waals surface area contributed by atoms with Crippen LogP contribution in [-0.4, -0.2) is 52.8 Å². The predicted molar refractivity (Wildman–Crippen MR) is 134 cm³/mol. The number of aliphatic hydroxyl groups excluding tert-OH is 1. The first-order valence-corrected chi connectivity index (χ1v) is 12.5. The molecule has 184 valence electrons.